The van der Waals surface area contributed by atoms with Crippen molar-refractivity contribution >= 4 is 51.7 Å². The minimum Gasteiger partial charge on any atom is -0.313 e. The number of aromatic nitrogens is 1. The van der Waals surface area contributed by atoms with Gasteiger partial charge >= 0.3 is 0 Å². The molecule has 0 saturated carbocycles. The Kier molecular flexibility index (Phi) is 10.1. The van der Waals surface area contributed by atoms with Crippen molar-refractivity contribution in [3.05, 3.63) is 244 Å². The Labute approximate surface area is 369 Å². The molecule has 0 amide bonds. The van der Waals surface area contributed by atoms with Gasteiger partial charge in [-0.2, -0.15) is 0 Å². The Morgan fingerprint density at radius 2 is 1.52 bits per heavy atom. The third-order valence-corrected chi connectivity index (χ3v) is 12.8. The van der Waals surface area contributed by atoms with Crippen molar-refractivity contribution in [3.63, 3.8) is 0 Å². The largest absolute Gasteiger partial charge is 0.313 e. The molecular formula is C59H46N4. The van der Waals surface area contributed by atoms with Crippen LogP contribution in [0.15, 0.2) is 226 Å². The van der Waals surface area contributed by atoms with Crippen LogP contribution in [0.2, 0.25) is 0 Å². The summed E-state index contributed by atoms with van der Waals surface area (Å²) >= 11 is 0. The predicted molar refractivity (Wildman–Crippen MR) is 266 cm³/mol. The Morgan fingerprint density at radius 1 is 0.698 bits per heavy atom. The SMILES string of the molecule is C=NC(=NC(=NCc1cccc(-c2cccc(-n3c4c(c5ccccc53)C=CC(c3ccc5ccccc5c3)C4)c2)c1)C1=CCC=CC2=C1c1ccccc1C2)C1=CC=CCC=C1. The standard InChI is InChI=1S/C59H46N4/c1-60-58(42-18-4-2-3-5-19-42)62-59(54-28-11-9-22-49-36-48-21-8-10-26-51(48)57(49)54)61-39-40-16-14-23-43(34-40)45-24-15-25-50(37-45)63-55-29-13-12-27-52(55)53-33-32-47(38-56(53)63)46-31-30-41-17-6-7-20-44(41)35-46/h2,4-10,12-35,37,47H,1,3,11,36,38-39H2. The highest BCUT2D eigenvalue weighted by atomic mass is 15.0. The quantitative estimate of drug-likeness (QED) is 0.114. The summed E-state index contributed by atoms with van der Waals surface area (Å²) in [6.07, 6.45) is 25.5. The van der Waals surface area contributed by atoms with E-state index in [1.165, 1.54) is 60.8 Å². The number of aliphatic imine (C=N–C) groups is 3. The maximum absolute atomic E-state index is 5.35. The molecule has 1 aromatic heterocycles. The van der Waals surface area contributed by atoms with Crippen LogP contribution in [0.5, 0.6) is 0 Å². The van der Waals surface area contributed by atoms with Gasteiger partial charge in [0.15, 0.2) is 11.7 Å². The normalized spacial score (nSPS) is 17.0. The second-order valence-electron chi connectivity index (χ2n) is 16.7. The van der Waals surface area contributed by atoms with E-state index in [4.69, 9.17) is 9.98 Å². The van der Waals surface area contributed by atoms with Gasteiger partial charge in [0.25, 0.3) is 0 Å². The second-order valence-corrected chi connectivity index (χ2v) is 16.7. The fraction of sp³-hybridized carbons (Fsp3) is 0.102. The highest BCUT2D eigenvalue weighted by Gasteiger charge is 2.27. The summed E-state index contributed by atoms with van der Waals surface area (Å²) in [5, 5.41) is 3.84. The molecule has 6 aromatic carbocycles. The third kappa shape index (κ3) is 7.34. The van der Waals surface area contributed by atoms with Crippen LogP contribution in [0, 0.1) is 0 Å². The molecule has 63 heavy (non-hydrogen) atoms. The van der Waals surface area contributed by atoms with E-state index in [0.29, 0.717) is 18.2 Å². The first-order valence-corrected chi connectivity index (χ1v) is 22.0. The number of fused-ring (bicyclic) bond motifs is 6. The van der Waals surface area contributed by atoms with Gasteiger partial charge in [0, 0.05) is 39.4 Å². The molecule has 4 nitrogen and oxygen atoms in total. The third-order valence-electron chi connectivity index (χ3n) is 12.8. The Morgan fingerprint density at radius 3 is 2.46 bits per heavy atom. The van der Waals surface area contributed by atoms with Crippen LogP contribution >= 0.6 is 0 Å². The molecule has 0 radical (unpaired) electrons. The van der Waals surface area contributed by atoms with E-state index in [1.54, 1.807) is 0 Å². The molecule has 0 aliphatic heterocycles. The second kappa shape index (κ2) is 16.6. The first-order valence-electron chi connectivity index (χ1n) is 22.0. The van der Waals surface area contributed by atoms with Crippen LogP contribution in [0.3, 0.4) is 0 Å². The van der Waals surface area contributed by atoms with E-state index < -0.39 is 0 Å². The number of hydrogen-bond acceptors (Lipinski definition) is 1. The lowest BCUT2D eigenvalue weighted by molar-refractivity contribution is 0.784. The summed E-state index contributed by atoms with van der Waals surface area (Å²) < 4.78 is 2.49. The smallest absolute Gasteiger partial charge is 0.160 e. The van der Waals surface area contributed by atoms with Crippen molar-refractivity contribution in [2.45, 2.75) is 38.1 Å². The summed E-state index contributed by atoms with van der Waals surface area (Å²) in [4.78, 5) is 15.0. The summed E-state index contributed by atoms with van der Waals surface area (Å²) in [5.74, 6) is 1.51. The van der Waals surface area contributed by atoms with Crippen molar-refractivity contribution in [1.82, 2.24) is 4.57 Å². The molecule has 1 unspecified atom stereocenters. The fourth-order valence-electron chi connectivity index (χ4n) is 9.74. The topological polar surface area (TPSA) is 42.0 Å². The highest BCUT2D eigenvalue weighted by Crippen LogP contribution is 2.42. The average molecular weight is 811 g/mol. The zero-order valence-corrected chi connectivity index (χ0v) is 35.2. The Hall–Kier alpha value is -7.69. The molecule has 1 heterocycles. The van der Waals surface area contributed by atoms with Crippen molar-refractivity contribution in [2.24, 2.45) is 15.0 Å². The molecule has 7 aromatic rings. The van der Waals surface area contributed by atoms with Crippen molar-refractivity contribution in [1.29, 1.82) is 0 Å². The summed E-state index contributed by atoms with van der Waals surface area (Å²) in [5.41, 5.74) is 16.8. The molecule has 0 N–H and O–H groups in total. The molecule has 302 valence electrons. The lowest BCUT2D eigenvalue weighted by atomic mass is 9.87. The minimum atomic E-state index is 0.284. The van der Waals surface area contributed by atoms with Crippen LogP contribution in [-0.2, 0) is 19.4 Å². The molecule has 4 aliphatic rings. The van der Waals surface area contributed by atoms with Gasteiger partial charge in [-0.25, -0.2) is 9.98 Å². The van der Waals surface area contributed by atoms with E-state index in [1.807, 2.05) is 0 Å². The molecule has 0 saturated heterocycles. The number of benzene rings is 6. The first-order chi connectivity index (χ1) is 31.2. The summed E-state index contributed by atoms with van der Waals surface area (Å²) in [6, 6.07) is 50.9. The lowest BCUT2D eigenvalue weighted by Crippen LogP contribution is -2.10. The number of allylic oxidation sites excluding steroid dienone is 9. The maximum atomic E-state index is 5.35. The van der Waals surface area contributed by atoms with Gasteiger partial charge in [0.05, 0.1) is 12.1 Å². The zero-order valence-electron chi connectivity index (χ0n) is 35.2. The summed E-state index contributed by atoms with van der Waals surface area (Å²) in [7, 11) is 0. The van der Waals surface area contributed by atoms with Crippen molar-refractivity contribution < 1.29 is 0 Å². The molecule has 0 fully saturated rings. The monoisotopic (exact) mass is 810 g/mol. The number of nitrogens with zero attached hydrogens (tertiary/aromatic N) is 4. The van der Waals surface area contributed by atoms with Gasteiger partial charge in [0.1, 0.15) is 0 Å². The van der Waals surface area contributed by atoms with E-state index in [9.17, 15) is 0 Å². The number of rotatable bonds is 7. The van der Waals surface area contributed by atoms with Gasteiger partial charge in [0.2, 0.25) is 0 Å². The zero-order chi connectivity index (χ0) is 42.1. The minimum absolute atomic E-state index is 0.284. The Bertz CT molecular complexity index is 3280. The van der Waals surface area contributed by atoms with Gasteiger partial charge in [-0.3, -0.25) is 4.99 Å². The van der Waals surface area contributed by atoms with Crippen molar-refractivity contribution in [3.8, 4) is 16.8 Å². The van der Waals surface area contributed by atoms with Crippen LogP contribution < -0.4 is 0 Å². The fourth-order valence-corrected chi connectivity index (χ4v) is 9.74. The van der Waals surface area contributed by atoms with Crippen LogP contribution in [0.4, 0.5) is 0 Å². The molecule has 0 bridgehead atoms. The van der Waals surface area contributed by atoms with E-state index in [0.717, 1.165) is 59.2 Å². The van der Waals surface area contributed by atoms with E-state index in [2.05, 4.69) is 217 Å². The number of amidine groups is 2. The Balaban J connectivity index is 0.951. The molecule has 1 atom stereocenters. The van der Waals surface area contributed by atoms with Crippen LogP contribution in [0.25, 0.3) is 50.1 Å². The molecule has 11 rings (SSSR count). The van der Waals surface area contributed by atoms with Gasteiger partial charge < -0.3 is 4.57 Å². The van der Waals surface area contributed by atoms with Crippen molar-refractivity contribution in [2.75, 3.05) is 0 Å². The molecular weight excluding hydrogens is 765 g/mol. The predicted octanol–water partition coefficient (Wildman–Crippen LogP) is 14.1. The molecule has 0 spiro atoms. The van der Waals surface area contributed by atoms with E-state index >= 15 is 0 Å². The van der Waals surface area contributed by atoms with Gasteiger partial charge in [-0.15, -0.1) is 0 Å². The average Bonchev–Trinajstić information content (AvgIpc) is 3.60. The first kappa shape index (κ1) is 38.2. The van der Waals surface area contributed by atoms with Gasteiger partial charge in [-0.05, 0) is 112 Å². The van der Waals surface area contributed by atoms with Crippen LogP contribution in [-0.4, -0.2) is 23.0 Å². The van der Waals surface area contributed by atoms with E-state index in [-0.39, 0.29) is 5.92 Å². The highest BCUT2D eigenvalue weighted by molar-refractivity contribution is 6.20. The van der Waals surface area contributed by atoms with Crippen LogP contribution in [0.1, 0.15) is 52.3 Å². The summed E-state index contributed by atoms with van der Waals surface area (Å²) in [6.45, 7) is 4.42. The lowest BCUT2D eigenvalue weighted by Gasteiger charge is -2.21. The number of hydrogen-bond donors (Lipinski definition) is 0. The number of para-hydroxylation sites is 1. The molecule has 4 heteroatoms. The maximum Gasteiger partial charge on any atom is 0.160 e. The molecule has 4 aliphatic carbocycles. The van der Waals surface area contributed by atoms with Gasteiger partial charge in [-0.1, -0.05) is 176 Å².